The van der Waals surface area contributed by atoms with Crippen LogP contribution in [0, 0.1) is 17.5 Å². The quantitative estimate of drug-likeness (QED) is 0.0150. The topological polar surface area (TPSA) is 213 Å². The van der Waals surface area contributed by atoms with E-state index < -0.39 is 23.9 Å². The van der Waals surface area contributed by atoms with Crippen molar-refractivity contribution in [3.8, 4) is 67.9 Å². The first-order valence-corrected chi connectivity index (χ1v) is 48.9. The number of esters is 4. The van der Waals surface area contributed by atoms with Crippen molar-refractivity contribution < 1.29 is 93.1 Å². The lowest BCUT2D eigenvalue weighted by Crippen LogP contribution is -2.10. The highest BCUT2D eigenvalue weighted by molar-refractivity contribution is 5.88. The van der Waals surface area contributed by atoms with Crippen LogP contribution >= 0.6 is 0 Å². The van der Waals surface area contributed by atoms with Crippen molar-refractivity contribution in [1.29, 1.82) is 0 Å². The Labute approximate surface area is 795 Å². The Kier molecular flexibility index (Phi) is 53.3. The van der Waals surface area contributed by atoms with Gasteiger partial charge in [0.05, 0.1) is 84.1 Å². The zero-order chi connectivity index (χ0) is 96.1. The van der Waals surface area contributed by atoms with Gasteiger partial charge in [-0.15, -0.1) is 0 Å². The fourth-order valence-electron chi connectivity index (χ4n) is 15.0. The summed E-state index contributed by atoms with van der Waals surface area (Å²) >= 11 is 0. The van der Waals surface area contributed by atoms with Crippen molar-refractivity contribution in [3.63, 3.8) is 0 Å². The molecule has 0 unspecified atom stereocenters. The molecule has 6 aromatic carbocycles. The van der Waals surface area contributed by atoms with Crippen LogP contribution in [0.3, 0.4) is 0 Å². The molecule has 18 nitrogen and oxygen atoms in total. The van der Waals surface area contributed by atoms with E-state index in [9.17, 15) is 19.2 Å². The maximum atomic E-state index is 15.8. The highest BCUT2D eigenvalue weighted by atomic mass is 19.1. The Morgan fingerprint density at radius 2 is 0.627 bits per heavy atom. The standard InChI is InChI=1S/C46H63FO7.C34H43FO5.C33H42FNO5/c1-6-7-8-9-10-11-13-16-26-51-41-23-24-42(43(47)33-41)40-31-38(21-18-28-53-45(48)35(2)3)44(39(32-40)22-19-29-54-46(49)36(4)5)52-27-17-14-12-15-20-37-25-30-50-34-37;1-4-5-6-7-8-9-10-11-19-38-30-15-16-31(32(35)23-30)28-14-17-33(40-25-27-18-21-37-24-27)29(22-28)13-12-20-39-34(36)26(2)3;1-4-5-6-7-8-9-10-11-18-37-29-15-16-30(31(34)21-29)27-14-17-32(39-23-26-22-35-40-24-26)28(20-27)13-12-19-38-33(36)25(2)3/h23-25,30-34H,2,4,6-22,26-29H2,1,3,5H3;14-18,21-24H,2,4-13,19-20,25H2,1,3H3;14-17,20-22,24H,2,4-13,18-19,23H2,1,3H3. The number of hydrogen-bond donors (Lipinski definition) is 0. The van der Waals surface area contributed by atoms with Gasteiger partial charge in [0.1, 0.15) is 71.4 Å². The maximum absolute atomic E-state index is 15.8. The number of nitrogens with zero attached hydrogens (tertiary/aromatic N) is 1. The number of benzene rings is 6. The van der Waals surface area contributed by atoms with Gasteiger partial charge in [-0.05, 0) is 247 Å². The van der Waals surface area contributed by atoms with Crippen molar-refractivity contribution in [2.45, 2.75) is 299 Å². The number of carbonyl (C=O) groups is 4. The molecule has 0 spiro atoms. The van der Waals surface area contributed by atoms with E-state index in [1.54, 1.807) is 77.1 Å². The van der Waals surface area contributed by atoms with Crippen LogP contribution in [0.25, 0.3) is 33.4 Å². The highest BCUT2D eigenvalue weighted by Crippen LogP contribution is 2.38. The van der Waals surface area contributed by atoms with Gasteiger partial charge in [0, 0.05) is 68.3 Å². The third kappa shape index (κ3) is 43.2. The van der Waals surface area contributed by atoms with E-state index in [4.69, 9.17) is 60.7 Å². The number of rotatable bonds is 67. The van der Waals surface area contributed by atoms with E-state index in [1.165, 1.54) is 146 Å². The van der Waals surface area contributed by atoms with Gasteiger partial charge in [0.25, 0.3) is 0 Å². The maximum Gasteiger partial charge on any atom is 0.333 e. The Morgan fingerprint density at radius 3 is 0.963 bits per heavy atom. The predicted molar refractivity (Wildman–Crippen MR) is 526 cm³/mol. The molecule has 0 radical (unpaired) electrons. The summed E-state index contributed by atoms with van der Waals surface area (Å²) in [4.78, 5) is 47.5. The molecule has 0 saturated carbocycles. The monoisotopic (exact) mass is 1850 g/mol. The fraction of sp³-hybridized carbons (Fsp3) is 0.478. The van der Waals surface area contributed by atoms with E-state index in [2.05, 4.69) is 52.2 Å². The van der Waals surface area contributed by atoms with Crippen molar-refractivity contribution in [2.75, 3.05) is 52.9 Å². The van der Waals surface area contributed by atoms with Gasteiger partial charge in [0.15, 0.2) is 0 Å². The van der Waals surface area contributed by atoms with Gasteiger partial charge < -0.3 is 60.7 Å². The van der Waals surface area contributed by atoms with Gasteiger partial charge in [-0.1, -0.05) is 212 Å². The second-order valence-corrected chi connectivity index (χ2v) is 34.6. The van der Waals surface area contributed by atoms with Crippen LogP contribution in [0.4, 0.5) is 13.2 Å². The van der Waals surface area contributed by atoms with E-state index in [0.717, 1.165) is 126 Å². The molecule has 3 heterocycles. The molecule has 0 aliphatic rings. The average Bonchev–Trinajstić information content (AvgIpc) is 1.14. The first kappa shape index (κ1) is 110. The number of hydrogen-bond acceptors (Lipinski definition) is 18. The van der Waals surface area contributed by atoms with Crippen LogP contribution in [-0.4, -0.2) is 81.9 Å². The number of carbonyl (C=O) groups excluding carboxylic acids is 4. The summed E-state index contributed by atoms with van der Waals surface area (Å²) in [6.45, 7) is 31.6. The van der Waals surface area contributed by atoms with E-state index in [1.807, 2.05) is 78.9 Å². The van der Waals surface area contributed by atoms with Crippen molar-refractivity contribution in [1.82, 2.24) is 5.16 Å². The summed E-state index contributed by atoms with van der Waals surface area (Å²) in [6, 6.07) is 34.2. The van der Waals surface area contributed by atoms with Gasteiger partial charge in [-0.2, -0.15) is 0 Å². The normalized spacial score (nSPS) is 10.9. The number of ether oxygens (including phenoxy) is 10. The Bertz CT molecular complexity index is 4670. The summed E-state index contributed by atoms with van der Waals surface area (Å²) in [5.74, 6) is 1.01. The molecule has 21 heteroatoms. The number of unbranched alkanes of at least 4 members (excludes halogenated alkanes) is 24. The second kappa shape index (κ2) is 65.2. The van der Waals surface area contributed by atoms with Crippen LogP contribution < -0.4 is 28.4 Å². The van der Waals surface area contributed by atoms with Crippen LogP contribution in [0.15, 0.2) is 215 Å². The molecule has 728 valence electrons. The smallest absolute Gasteiger partial charge is 0.333 e. The largest absolute Gasteiger partial charge is 0.493 e. The molecule has 0 amide bonds. The van der Waals surface area contributed by atoms with E-state index >= 15 is 13.2 Å². The molecular weight excluding hydrogens is 1700 g/mol. The van der Waals surface area contributed by atoms with Crippen molar-refractivity contribution in [2.24, 2.45) is 0 Å². The molecule has 9 rings (SSSR count). The molecule has 0 aliphatic carbocycles. The van der Waals surface area contributed by atoms with Crippen LogP contribution in [0.1, 0.15) is 293 Å². The SMILES string of the molecule is C=C(C)C(=O)OCCCc1cc(-c2ccc(OCCCCCCCCCC)cc2F)cc(CCCOC(=O)C(=C)C)c1OCCCCCCc1ccoc1.C=C(C)C(=O)OCCCc1cc(-c2ccc(OCCCCCCCCCC)cc2F)ccc1OCc1ccoc1.C=C(C)C(=O)OCCCc1cc(-c2ccc(OCCCCCCCCCC)cc2F)ccc1OCc1cnoc1. The lowest BCUT2D eigenvalue weighted by molar-refractivity contribution is -0.139. The van der Waals surface area contributed by atoms with Gasteiger partial charge in [0.2, 0.25) is 0 Å². The molecule has 9 aromatic rings. The molecule has 0 aliphatic heterocycles. The number of aromatic nitrogens is 1. The fourth-order valence-corrected chi connectivity index (χ4v) is 15.0. The molecule has 134 heavy (non-hydrogen) atoms. The van der Waals surface area contributed by atoms with Gasteiger partial charge >= 0.3 is 23.9 Å². The third-order valence-electron chi connectivity index (χ3n) is 22.6. The minimum Gasteiger partial charge on any atom is -0.493 e. The number of furan rings is 2. The summed E-state index contributed by atoms with van der Waals surface area (Å²) < 4.78 is 119. The molecular formula is C113H148F3NO17. The third-order valence-corrected chi connectivity index (χ3v) is 22.6. The summed E-state index contributed by atoms with van der Waals surface area (Å²) in [5, 5.41) is 3.70. The molecule has 0 atom stereocenters. The predicted octanol–water partition coefficient (Wildman–Crippen LogP) is 29.8. The van der Waals surface area contributed by atoms with Gasteiger partial charge in [-0.3, -0.25) is 0 Å². The van der Waals surface area contributed by atoms with Crippen molar-refractivity contribution >= 4 is 23.9 Å². The molecule has 3 aromatic heterocycles. The van der Waals surface area contributed by atoms with Crippen LogP contribution in [-0.2, 0) is 83.4 Å². The molecule has 0 saturated heterocycles. The first-order valence-electron chi connectivity index (χ1n) is 48.9. The van der Waals surface area contributed by atoms with E-state index in [-0.39, 0.29) is 43.9 Å². The highest BCUT2D eigenvalue weighted by Gasteiger charge is 2.21. The lowest BCUT2D eigenvalue weighted by atomic mass is 9.94. The lowest BCUT2D eigenvalue weighted by Gasteiger charge is -2.19. The minimum absolute atomic E-state index is 0.220. The molecule has 0 fully saturated rings. The Balaban J connectivity index is 0.000000279. The minimum atomic E-state index is -0.426. The zero-order valence-electron chi connectivity index (χ0n) is 81.0. The van der Waals surface area contributed by atoms with Crippen LogP contribution in [0.5, 0.6) is 34.5 Å². The molecule has 0 bridgehead atoms. The Hall–Kier alpha value is -11.5. The second-order valence-electron chi connectivity index (χ2n) is 34.6. The van der Waals surface area contributed by atoms with E-state index in [0.29, 0.717) is 159 Å². The van der Waals surface area contributed by atoms with Gasteiger partial charge in [-0.25, -0.2) is 32.3 Å². The summed E-state index contributed by atoms with van der Waals surface area (Å²) in [6.07, 6.45) is 48.8. The zero-order valence-corrected chi connectivity index (χ0v) is 81.0. The summed E-state index contributed by atoms with van der Waals surface area (Å²) in [7, 11) is 0. The van der Waals surface area contributed by atoms with Crippen LogP contribution in [0.2, 0.25) is 0 Å². The molecule has 0 N–H and O–H groups in total. The average molecular weight is 1850 g/mol. The Morgan fingerprint density at radius 1 is 0.306 bits per heavy atom. The first-order chi connectivity index (χ1) is 65.1. The van der Waals surface area contributed by atoms with Crippen molar-refractivity contribution in [3.05, 3.63) is 258 Å². The number of aryl methyl sites for hydroxylation is 5. The summed E-state index contributed by atoms with van der Waals surface area (Å²) in [5.41, 5.74) is 11.6. The number of halogens is 3.